The van der Waals surface area contributed by atoms with E-state index in [4.69, 9.17) is 0 Å². The van der Waals surface area contributed by atoms with E-state index >= 15 is 0 Å². The van der Waals surface area contributed by atoms with Gasteiger partial charge >= 0.3 is 7.60 Å². The molecule has 0 aliphatic rings. The van der Waals surface area contributed by atoms with E-state index in [9.17, 15) is 9.36 Å². The summed E-state index contributed by atoms with van der Waals surface area (Å²) in [6.45, 7) is 3.25. The molecule has 0 radical (unpaired) electrons. The van der Waals surface area contributed by atoms with E-state index in [2.05, 4.69) is 9.05 Å². The van der Waals surface area contributed by atoms with Gasteiger partial charge in [0.05, 0.1) is 0 Å². The lowest BCUT2D eigenvalue weighted by Crippen LogP contribution is -2.04. The first-order valence-corrected chi connectivity index (χ1v) is 4.95. The molecule has 0 aromatic rings. The normalized spacial score (nSPS) is 13.2. The maximum absolute atomic E-state index is 11.4. The summed E-state index contributed by atoms with van der Waals surface area (Å²) < 4.78 is 20.4. The molecule has 0 heterocycles. The molecule has 5 heteroatoms. The van der Waals surface area contributed by atoms with Crippen LogP contribution in [0.2, 0.25) is 0 Å². The summed E-state index contributed by atoms with van der Waals surface area (Å²) in [5.74, 6) is 0. The smallest absolute Gasteiger partial charge is 0.306 e. The molecular weight excluding hydrogens is 179 g/mol. The van der Waals surface area contributed by atoms with Gasteiger partial charge in [0.2, 0.25) is 0 Å². The third-order valence-corrected chi connectivity index (χ3v) is 3.31. The minimum atomic E-state index is -3.55. The Morgan fingerprint density at radius 1 is 1.33 bits per heavy atom. The van der Waals surface area contributed by atoms with E-state index in [-0.39, 0.29) is 0 Å². The number of carbonyl (C=O) groups is 1. The summed E-state index contributed by atoms with van der Waals surface area (Å²) in [4.78, 5) is 11.3. The number of rotatable bonds is 4. The van der Waals surface area contributed by atoms with Crippen molar-refractivity contribution in [2.75, 3.05) is 14.2 Å². The van der Waals surface area contributed by atoms with Crippen molar-refractivity contribution in [3.8, 4) is 0 Å². The van der Waals surface area contributed by atoms with Crippen LogP contribution >= 0.6 is 7.60 Å². The van der Waals surface area contributed by atoms with Gasteiger partial charge in [0.25, 0.3) is 5.52 Å². The lowest BCUT2D eigenvalue weighted by atomic mass is 10.3. The second-order valence-electron chi connectivity index (χ2n) is 2.14. The van der Waals surface area contributed by atoms with Crippen LogP contribution in [0.3, 0.4) is 0 Å². The highest BCUT2D eigenvalue weighted by molar-refractivity contribution is 7.72. The van der Waals surface area contributed by atoms with Gasteiger partial charge in [0, 0.05) is 19.8 Å². The highest BCUT2D eigenvalue weighted by atomic mass is 31.2. The Bertz CT molecular complexity index is 236. The van der Waals surface area contributed by atoms with Crippen molar-refractivity contribution < 1.29 is 18.4 Å². The molecule has 0 saturated carbocycles. The Morgan fingerprint density at radius 3 is 2.00 bits per heavy atom. The summed E-state index contributed by atoms with van der Waals surface area (Å²) in [5.41, 5.74) is -0.211. The van der Waals surface area contributed by atoms with Crippen molar-refractivity contribution in [3.63, 3.8) is 0 Å². The van der Waals surface area contributed by atoms with Gasteiger partial charge in [-0.2, -0.15) is 0 Å². The second-order valence-corrected chi connectivity index (χ2v) is 4.27. The summed E-state index contributed by atoms with van der Waals surface area (Å²) in [5, 5.41) is 0. The maximum atomic E-state index is 11.4. The van der Waals surface area contributed by atoms with E-state index in [1.165, 1.54) is 14.2 Å². The standard InChI is InChI=1S/C7H13O4P/c1-5-6(2)7(8)12(9,10-3)11-4/h5H,1-4H3/b6-5+. The lowest BCUT2D eigenvalue weighted by molar-refractivity contribution is -0.110. The van der Waals surface area contributed by atoms with Gasteiger partial charge in [-0.1, -0.05) is 6.08 Å². The molecule has 0 rings (SSSR count). The van der Waals surface area contributed by atoms with E-state index in [0.717, 1.165) is 0 Å². The van der Waals surface area contributed by atoms with Gasteiger partial charge in [-0.3, -0.25) is 9.36 Å². The minimum Gasteiger partial charge on any atom is -0.306 e. The van der Waals surface area contributed by atoms with E-state index in [0.29, 0.717) is 5.57 Å². The molecule has 0 N–H and O–H groups in total. The Balaban J connectivity index is 4.79. The quantitative estimate of drug-likeness (QED) is 0.504. The Labute approximate surface area is 72.1 Å². The molecule has 0 fully saturated rings. The van der Waals surface area contributed by atoms with Crippen molar-refractivity contribution in [1.29, 1.82) is 0 Å². The fourth-order valence-corrected chi connectivity index (χ4v) is 1.62. The van der Waals surface area contributed by atoms with Crippen molar-refractivity contribution in [3.05, 3.63) is 11.6 Å². The van der Waals surface area contributed by atoms with Gasteiger partial charge < -0.3 is 9.05 Å². The van der Waals surface area contributed by atoms with E-state index in [1.807, 2.05) is 0 Å². The molecular formula is C7H13O4P. The largest absolute Gasteiger partial charge is 0.400 e. The van der Waals surface area contributed by atoms with Gasteiger partial charge in [-0.05, 0) is 13.8 Å². The van der Waals surface area contributed by atoms with Gasteiger partial charge in [0.15, 0.2) is 0 Å². The summed E-state index contributed by atoms with van der Waals surface area (Å²) >= 11 is 0. The Hall–Kier alpha value is -0.440. The van der Waals surface area contributed by atoms with Gasteiger partial charge in [0.1, 0.15) is 0 Å². The monoisotopic (exact) mass is 192 g/mol. The number of hydrogen-bond acceptors (Lipinski definition) is 4. The van der Waals surface area contributed by atoms with Crippen molar-refractivity contribution in [1.82, 2.24) is 0 Å². The Morgan fingerprint density at radius 2 is 1.75 bits per heavy atom. The predicted molar refractivity (Wildman–Crippen MR) is 46.1 cm³/mol. The average molecular weight is 192 g/mol. The fourth-order valence-electron chi connectivity index (χ4n) is 0.580. The van der Waals surface area contributed by atoms with Crippen LogP contribution in [-0.4, -0.2) is 19.7 Å². The average Bonchev–Trinajstić information content (AvgIpc) is 2.14. The van der Waals surface area contributed by atoms with Crippen molar-refractivity contribution >= 4 is 13.1 Å². The fraction of sp³-hybridized carbons (Fsp3) is 0.571. The lowest BCUT2D eigenvalue weighted by Gasteiger charge is -2.11. The first kappa shape index (κ1) is 11.6. The molecule has 4 nitrogen and oxygen atoms in total. The second kappa shape index (κ2) is 4.55. The molecule has 12 heavy (non-hydrogen) atoms. The summed E-state index contributed by atoms with van der Waals surface area (Å²) in [7, 11) is -1.18. The molecule has 70 valence electrons. The molecule has 0 aromatic heterocycles. The van der Waals surface area contributed by atoms with Crippen molar-refractivity contribution in [2.24, 2.45) is 0 Å². The van der Waals surface area contributed by atoms with Crippen LogP contribution in [0.4, 0.5) is 0 Å². The van der Waals surface area contributed by atoms with E-state index < -0.39 is 13.1 Å². The third-order valence-electron chi connectivity index (χ3n) is 1.50. The zero-order valence-corrected chi connectivity index (χ0v) is 8.55. The van der Waals surface area contributed by atoms with Crippen LogP contribution < -0.4 is 0 Å². The highest BCUT2D eigenvalue weighted by Gasteiger charge is 2.32. The van der Waals surface area contributed by atoms with Crippen LogP contribution in [0.15, 0.2) is 11.6 Å². The predicted octanol–water partition coefficient (Wildman–Crippen LogP) is 1.97. The maximum Gasteiger partial charge on any atom is 0.400 e. The number of hydrogen-bond donors (Lipinski definition) is 0. The molecule has 0 atom stereocenters. The van der Waals surface area contributed by atoms with Crippen LogP contribution in [0.1, 0.15) is 13.8 Å². The number of carbonyl (C=O) groups excluding carboxylic acids is 1. The molecule has 0 bridgehead atoms. The van der Waals surface area contributed by atoms with Crippen LogP contribution in [0, 0.1) is 0 Å². The molecule has 0 amide bonds. The third kappa shape index (κ3) is 2.27. The minimum absolute atomic E-state index is 0.377. The molecule has 0 aliphatic heterocycles. The SMILES string of the molecule is C/C=C(\C)C(=O)P(=O)(OC)OC. The molecule has 0 aliphatic carbocycles. The van der Waals surface area contributed by atoms with Crippen LogP contribution in [-0.2, 0) is 18.4 Å². The van der Waals surface area contributed by atoms with Gasteiger partial charge in [-0.25, -0.2) is 0 Å². The highest BCUT2D eigenvalue weighted by Crippen LogP contribution is 2.49. The zero-order valence-electron chi connectivity index (χ0n) is 7.66. The van der Waals surface area contributed by atoms with Crippen LogP contribution in [0.5, 0.6) is 0 Å². The summed E-state index contributed by atoms with van der Waals surface area (Å²) in [6.07, 6.45) is 1.56. The first-order valence-electron chi connectivity index (χ1n) is 3.41. The zero-order chi connectivity index (χ0) is 9.78. The molecule has 0 spiro atoms. The Kier molecular flexibility index (Phi) is 4.39. The van der Waals surface area contributed by atoms with E-state index in [1.54, 1.807) is 19.9 Å². The summed E-state index contributed by atoms with van der Waals surface area (Å²) in [6, 6.07) is 0. The van der Waals surface area contributed by atoms with Gasteiger partial charge in [-0.15, -0.1) is 0 Å². The number of allylic oxidation sites excluding steroid dienone is 2. The molecule has 0 unspecified atom stereocenters. The van der Waals surface area contributed by atoms with Crippen molar-refractivity contribution in [2.45, 2.75) is 13.8 Å². The van der Waals surface area contributed by atoms with Crippen LogP contribution in [0.25, 0.3) is 0 Å². The topological polar surface area (TPSA) is 52.6 Å². The first-order chi connectivity index (χ1) is 5.51. The molecule has 0 saturated heterocycles. The molecule has 0 aromatic carbocycles.